The standard InChI is InChI=1S/C31H36ClN7/c1-19-11-12-24-20(15-19)16-23(28(32)34-24)27(29-35-36-37-39(29)31(5,6)18-30(2,3)4)38-14-13-22-21-9-7-8-10-25(21)33-26(22)17-38/h7-12,15-16,27,33H,13-14,17-18H2,1-6H3. The number of nitrogens with zero attached hydrogens (tertiary/aromatic N) is 6. The number of tetrazole rings is 1. The highest BCUT2D eigenvalue weighted by molar-refractivity contribution is 6.30. The van der Waals surface area contributed by atoms with Crippen LogP contribution in [-0.2, 0) is 18.5 Å². The van der Waals surface area contributed by atoms with Crippen LogP contribution in [0.1, 0.15) is 75.3 Å². The van der Waals surface area contributed by atoms with Gasteiger partial charge < -0.3 is 4.98 Å². The highest BCUT2D eigenvalue weighted by Gasteiger charge is 2.38. The lowest BCUT2D eigenvalue weighted by Crippen LogP contribution is -2.40. The van der Waals surface area contributed by atoms with Gasteiger partial charge in [0, 0.05) is 40.6 Å². The van der Waals surface area contributed by atoms with Gasteiger partial charge in [0.2, 0.25) is 0 Å². The molecule has 0 aliphatic carbocycles. The highest BCUT2D eigenvalue weighted by atomic mass is 35.5. The molecule has 0 saturated carbocycles. The minimum absolute atomic E-state index is 0.103. The summed E-state index contributed by atoms with van der Waals surface area (Å²) < 4.78 is 2.01. The SMILES string of the molecule is Cc1ccc2nc(Cl)c(C(c3nnnn3C(C)(C)CC(C)(C)C)N3CCc4c([nH]c5ccccc45)C3)cc2c1. The van der Waals surface area contributed by atoms with Gasteiger partial charge >= 0.3 is 0 Å². The number of H-pyrrole nitrogens is 1. The molecule has 0 amide bonds. The Morgan fingerprint density at radius 3 is 2.64 bits per heavy atom. The zero-order chi connectivity index (χ0) is 27.5. The number of hydrogen-bond acceptors (Lipinski definition) is 5. The predicted octanol–water partition coefficient (Wildman–Crippen LogP) is 6.98. The van der Waals surface area contributed by atoms with Crippen LogP contribution < -0.4 is 0 Å². The van der Waals surface area contributed by atoms with E-state index in [1.807, 2.05) is 10.7 Å². The number of hydrogen-bond donors (Lipinski definition) is 1. The Balaban J connectivity index is 1.51. The molecule has 39 heavy (non-hydrogen) atoms. The van der Waals surface area contributed by atoms with Gasteiger partial charge in [0.15, 0.2) is 5.82 Å². The molecule has 6 rings (SSSR count). The molecule has 202 valence electrons. The molecule has 7 nitrogen and oxygen atoms in total. The van der Waals surface area contributed by atoms with E-state index in [0.29, 0.717) is 5.15 Å². The molecule has 5 aromatic rings. The van der Waals surface area contributed by atoms with E-state index in [0.717, 1.165) is 48.2 Å². The molecule has 0 bridgehead atoms. The van der Waals surface area contributed by atoms with Crippen molar-refractivity contribution in [3.05, 3.63) is 81.9 Å². The molecule has 0 radical (unpaired) electrons. The van der Waals surface area contributed by atoms with Crippen molar-refractivity contribution in [2.75, 3.05) is 6.54 Å². The maximum Gasteiger partial charge on any atom is 0.173 e. The fourth-order valence-corrected chi connectivity index (χ4v) is 6.83. The zero-order valence-electron chi connectivity index (χ0n) is 23.6. The first kappa shape index (κ1) is 26.0. The second-order valence-corrected chi connectivity index (χ2v) is 13.2. The Labute approximate surface area is 234 Å². The van der Waals surface area contributed by atoms with E-state index < -0.39 is 0 Å². The van der Waals surface area contributed by atoms with Crippen LogP contribution in [0.5, 0.6) is 0 Å². The van der Waals surface area contributed by atoms with Gasteiger partial charge in [-0.05, 0) is 79.3 Å². The summed E-state index contributed by atoms with van der Waals surface area (Å²) in [5, 5.41) is 16.3. The third-order valence-electron chi connectivity index (χ3n) is 7.80. The van der Waals surface area contributed by atoms with Crippen LogP contribution >= 0.6 is 11.6 Å². The minimum atomic E-state index is -0.301. The number of aromatic nitrogens is 6. The van der Waals surface area contributed by atoms with Crippen LogP contribution in [-0.4, -0.2) is 41.6 Å². The lowest BCUT2D eigenvalue weighted by atomic mass is 9.81. The van der Waals surface area contributed by atoms with E-state index in [1.54, 1.807) is 0 Å². The second kappa shape index (κ2) is 9.42. The van der Waals surface area contributed by atoms with Gasteiger partial charge in [0.1, 0.15) is 11.2 Å². The Kier molecular flexibility index (Phi) is 6.27. The summed E-state index contributed by atoms with van der Waals surface area (Å²) in [5.74, 6) is 0.791. The zero-order valence-corrected chi connectivity index (χ0v) is 24.3. The summed E-state index contributed by atoms with van der Waals surface area (Å²) in [6.45, 7) is 14.9. The lowest BCUT2D eigenvalue weighted by Gasteiger charge is -2.37. The van der Waals surface area contributed by atoms with Gasteiger partial charge in [-0.3, -0.25) is 4.90 Å². The Morgan fingerprint density at radius 2 is 1.85 bits per heavy atom. The topological polar surface area (TPSA) is 75.5 Å². The molecule has 8 heteroatoms. The fourth-order valence-electron chi connectivity index (χ4n) is 6.58. The summed E-state index contributed by atoms with van der Waals surface area (Å²) in [6.07, 6.45) is 1.85. The molecule has 2 aromatic carbocycles. The molecule has 0 spiro atoms. The van der Waals surface area contributed by atoms with E-state index in [9.17, 15) is 0 Å². The Bertz CT molecular complexity index is 1670. The number of aryl methyl sites for hydroxylation is 1. The van der Waals surface area contributed by atoms with Crippen LogP contribution in [0, 0.1) is 12.3 Å². The Hall–Kier alpha value is -3.29. The summed E-state index contributed by atoms with van der Waals surface area (Å²) in [5.41, 5.74) is 6.61. The van der Waals surface area contributed by atoms with Gasteiger partial charge in [-0.15, -0.1) is 5.10 Å². The van der Waals surface area contributed by atoms with Crippen molar-refractivity contribution in [3.8, 4) is 0 Å². The number of halogens is 1. The summed E-state index contributed by atoms with van der Waals surface area (Å²) in [4.78, 5) is 10.9. The maximum absolute atomic E-state index is 6.99. The van der Waals surface area contributed by atoms with Crippen LogP contribution in [0.25, 0.3) is 21.8 Å². The van der Waals surface area contributed by atoms with E-state index in [1.165, 1.54) is 27.7 Å². The molecule has 0 saturated heterocycles. The van der Waals surface area contributed by atoms with E-state index in [2.05, 4.69) is 109 Å². The van der Waals surface area contributed by atoms with Gasteiger partial charge in [-0.2, -0.15) is 0 Å². The largest absolute Gasteiger partial charge is 0.357 e. The number of rotatable bonds is 5. The highest BCUT2D eigenvalue weighted by Crippen LogP contribution is 2.40. The van der Waals surface area contributed by atoms with E-state index >= 15 is 0 Å². The molecule has 1 atom stereocenters. The summed E-state index contributed by atoms with van der Waals surface area (Å²) in [7, 11) is 0. The molecule has 3 aromatic heterocycles. The molecule has 1 unspecified atom stereocenters. The minimum Gasteiger partial charge on any atom is -0.357 e. The number of para-hydroxylation sites is 1. The van der Waals surface area contributed by atoms with Crippen molar-refractivity contribution in [3.63, 3.8) is 0 Å². The smallest absolute Gasteiger partial charge is 0.173 e. The van der Waals surface area contributed by atoms with Gasteiger partial charge in [-0.25, -0.2) is 9.67 Å². The quantitative estimate of drug-likeness (QED) is 0.243. The summed E-state index contributed by atoms with van der Waals surface area (Å²) in [6, 6.07) is 16.7. The van der Waals surface area contributed by atoms with Gasteiger partial charge in [0.05, 0.1) is 11.1 Å². The van der Waals surface area contributed by atoms with Crippen LogP contribution in [0.3, 0.4) is 0 Å². The molecule has 4 heterocycles. The molecular weight excluding hydrogens is 506 g/mol. The average molecular weight is 542 g/mol. The van der Waals surface area contributed by atoms with Gasteiger partial charge in [0.25, 0.3) is 0 Å². The maximum atomic E-state index is 6.99. The van der Waals surface area contributed by atoms with E-state index in [4.69, 9.17) is 16.6 Å². The monoisotopic (exact) mass is 541 g/mol. The normalized spacial score (nSPS) is 15.7. The first-order valence-corrected chi connectivity index (χ1v) is 14.1. The van der Waals surface area contributed by atoms with Crippen LogP contribution in [0.4, 0.5) is 0 Å². The van der Waals surface area contributed by atoms with Crippen molar-refractivity contribution in [2.24, 2.45) is 5.41 Å². The molecule has 1 aliphatic heterocycles. The first-order valence-electron chi connectivity index (χ1n) is 13.7. The molecule has 0 fully saturated rings. The molecule has 1 aliphatic rings. The number of fused-ring (bicyclic) bond motifs is 4. The van der Waals surface area contributed by atoms with Crippen LogP contribution in [0.15, 0.2) is 48.5 Å². The third kappa shape index (κ3) is 4.83. The fraction of sp³-hybridized carbons (Fsp3) is 0.419. The predicted molar refractivity (Wildman–Crippen MR) is 157 cm³/mol. The average Bonchev–Trinajstić information content (AvgIpc) is 3.49. The lowest BCUT2D eigenvalue weighted by molar-refractivity contribution is 0.158. The number of aromatic amines is 1. The third-order valence-corrected chi connectivity index (χ3v) is 8.10. The van der Waals surface area contributed by atoms with Gasteiger partial charge in [-0.1, -0.05) is 62.2 Å². The molecule has 1 N–H and O–H groups in total. The van der Waals surface area contributed by atoms with Crippen molar-refractivity contribution in [1.29, 1.82) is 0 Å². The second-order valence-electron chi connectivity index (χ2n) is 12.8. The van der Waals surface area contributed by atoms with Crippen LogP contribution in [0.2, 0.25) is 5.15 Å². The van der Waals surface area contributed by atoms with E-state index in [-0.39, 0.29) is 17.0 Å². The number of nitrogens with one attached hydrogen (secondary N) is 1. The molecular formula is C31H36ClN7. The number of benzene rings is 2. The van der Waals surface area contributed by atoms with Crippen molar-refractivity contribution in [2.45, 2.75) is 72.5 Å². The number of pyridine rings is 1. The van der Waals surface area contributed by atoms with Crippen molar-refractivity contribution < 1.29 is 0 Å². The summed E-state index contributed by atoms with van der Waals surface area (Å²) >= 11 is 6.99. The van der Waals surface area contributed by atoms with Crippen molar-refractivity contribution >= 4 is 33.4 Å². The van der Waals surface area contributed by atoms with Crippen molar-refractivity contribution in [1.82, 2.24) is 35.1 Å². The first-order chi connectivity index (χ1) is 18.5. The Morgan fingerprint density at radius 1 is 1.05 bits per heavy atom.